The average Bonchev–Trinajstić information content (AvgIpc) is 2.63. The molecule has 78 valence electrons. The summed E-state index contributed by atoms with van der Waals surface area (Å²) in [6.45, 7) is 4.69. The molecule has 1 fully saturated rings. The fourth-order valence-electron chi connectivity index (χ4n) is 1.64. The van der Waals surface area contributed by atoms with E-state index >= 15 is 0 Å². The number of hydrogen-bond donors (Lipinski definition) is 1. The van der Waals surface area contributed by atoms with E-state index in [9.17, 15) is 0 Å². The molecule has 0 amide bonds. The summed E-state index contributed by atoms with van der Waals surface area (Å²) in [4.78, 5) is 4.41. The van der Waals surface area contributed by atoms with Crippen molar-refractivity contribution in [3.63, 3.8) is 0 Å². The second-order valence-corrected chi connectivity index (χ2v) is 4.72. The molecule has 1 saturated heterocycles. The van der Waals surface area contributed by atoms with Crippen molar-refractivity contribution in [3.8, 4) is 0 Å². The van der Waals surface area contributed by atoms with Gasteiger partial charge >= 0.3 is 0 Å². The van der Waals surface area contributed by atoms with Gasteiger partial charge in [-0.05, 0) is 19.8 Å². The van der Waals surface area contributed by atoms with Crippen molar-refractivity contribution >= 4 is 11.3 Å². The van der Waals surface area contributed by atoms with Crippen LogP contribution in [0.3, 0.4) is 0 Å². The Morgan fingerprint density at radius 3 is 3.29 bits per heavy atom. The standard InChI is InChI=1S/C10H16N2OS/c1-8-12-10(7-14-8)5-11-9-3-2-4-13-6-9/h7,9,11H,2-6H2,1H3. The van der Waals surface area contributed by atoms with Crippen molar-refractivity contribution in [1.82, 2.24) is 10.3 Å². The van der Waals surface area contributed by atoms with Crippen LogP contribution in [-0.2, 0) is 11.3 Å². The number of nitrogens with one attached hydrogen (secondary N) is 1. The third-order valence-electron chi connectivity index (χ3n) is 2.40. The lowest BCUT2D eigenvalue weighted by Gasteiger charge is -2.22. The van der Waals surface area contributed by atoms with Gasteiger partial charge in [-0.2, -0.15) is 0 Å². The van der Waals surface area contributed by atoms with Gasteiger partial charge in [-0.25, -0.2) is 4.98 Å². The van der Waals surface area contributed by atoms with Crippen LogP contribution in [0, 0.1) is 6.92 Å². The lowest BCUT2D eigenvalue weighted by atomic mass is 10.1. The monoisotopic (exact) mass is 212 g/mol. The second-order valence-electron chi connectivity index (χ2n) is 3.65. The zero-order chi connectivity index (χ0) is 9.80. The average molecular weight is 212 g/mol. The molecule has 1 unspecified atom stereocenters. The summed E-state index contributed by atoms with van der Waals surface area (Å²) in [6, 6.07) is 0.519. The highest BCUT2D eigenvalue weighted by Crippen LogP contribution is 2.10. The van der Waals surface area contributed by atoms with Crippen molar-refractivity contribution in [2.24, 2.45) is 0 Å². The van der Waals surface area contributed by atoms with Gasteiger partial charge in [0.1, 0.15) is 0 Å². The second kappa shape index (κ2) is 4.87. The number of rotatable bonds is 3. The predicted octanol–water partition coefficient (Wildman–Crippen LogP) is 1.72. The van der Waals surface area contributed by atoms with Crippen LogP contribution in [0.25, 0.3) is 0 Å². The van der Waals surface area contributed by atoms with E-state index in [0.717, 1.165) is 30.5 Å². The Kier molecular flexibility index (Phi) is 3.50. The first-order chi connectivity index (χ1) is 6.84. The third kappa shape index (κ3) is 2.77. The van der Waals surface area contributed by atoms with Crippen molar-refractivity contribution in [2.45, 2.75) is 32.4 Å². The van der Waals surface area contributed by atoms with Gasteiger partial charge in [-0.3, -0.25) is 0 Å². The van der Waals surface area contributed by atoms with Gasteiger partial charge in [-0.1, -0.05) is 0 Å². The topological polar surface area (TPSA) is 34.2 Å². The van der Waals surface area contributed by atoms with Crippen LogP contribution in [0.15, 0.2) is 5.38 Å². The highest BCUT2D eigenvalue weighted by atomic mass is 32.1. The van der Waals surface area contributed by atoms with Gasteiger partial charge in [0.2, 0.25) is 0 Å². The number of thiazole rings is 1. The molecule has 0 radical (unpaired) electrons. The van der Waals surface area contributed by atoms with Gasteiger partial charge in [0.15, 0.2) is 0 Å². The molecule has 1 aliphatic rings. The fourth-order valence-corrected chi connectivity index (χ4v) is 2.25. The van der Waals surface area contributed by atoms with E-state index in [1.807, 2.05) is 6.92 Å². The van der Waals surface area contributed by atoms with Crippen molar-refractivity contribution in [3.05, 3.63) is 16.1 Å². The van der Waals surface area contributed by atoms with E-state index in [1.165, 1.54) is 12.8 Å². The van der Waals surface area contributed by atoms with Crippen LogP contribution in [0.2, 0.25) is 0 Å². The minimum absolute atomic E-state index is 0.519. The maximum atomic E-state index is 5.40. The molecule has 1 N–H and O–H groups in total. The van der Waals surface area contributed by atoms with Crippen LogP contribution in [-0.4, -0.2) is 24.2 Å². The molecule has 0 bridgehead atoms. The Labute approximate surface area is 88.5 Å². The van der Waals surface area contributed by atoms with E-state index in [2.05, 4.69) is 15.7 Å². The Balaban J connectivity index is 1.76. The molecule has 3 nitrogen and oxygen atoms in total. The normalized spacial score (nSPS) is 22.5. The lowest BCUT2D eigenvalue weighted by Crippen LogP contribution is -2.36. The quantitative estimate of drug-likeness (QED) is 0.828. The zero-order valence-electron chi connectivity index (χ0n) is 8.45. The van der Waals surface area contributed by atoms with Gasteiger partial charge in [0, 0.05) is 24.6 Å². The van der Waals surface area contributed by atoms with Crippen molar-refractivity contribution in [2.75, 3.05) is 13.2 Å². The van der Waals surface area contributed by atoms with Gasteiger partial charge in [0.25, 0.3) is 0 Å². The van der Waals surface area contributed by atoms with E-state index in [0.29, 0.717) is 6.04 Å². The Hall–Kier alpha value is -0.450. The Morgan fingerprint density at radius 2 is 2.64 bits per heavy atom. The van der Waals surface area contributed by atoms with Crippen LogP contribution < -0.4 is 5.32 Å². The molecule has 0 spiro atoms. The van der Waals surface area contributed by atoms with Crippen molar-refractivity contribution in [1.29, 1.82) is 0 Å². The Bertz CT molecular complexity index is 281. The highest BCUT2D eigenvalue weighted by Gasteiger charge is 2.13. The zero-order valence-corrected chi connectivity index (χ0v) is 9.27. The number of aryl methyl sites for hydroxylation is 1. The first-order valence-corrected chi connectivity index (χ1v) is 5.94. The lowest BCUT2D eigenvalue weighted by molar-refractivity contribution is 0.0698. The van der Waals surface area contributed by atoms with Gasteiger partial charge in [-0.15, -0.1) is 11.3 Å². The largest absolute Gasteiger partial charge is 0.380 e. The smallest absolute Gasteiger partial charge is 0.0897 e. The molecule has 1 aromatic heterocycles. The summed E-state index contributed by atoms with van der Waals surface area (Å²) in [5.41, 5.74) is 1.15. The van der Waals surface area contributed by atoms with E-state index in [-0.39, 0.29) is 0 Å². The van der Waals surface area contributed by atoms with Gasteiger partial charge in [0.05, 0.1) is 17.3 Å². The summed E-state index contributed by atoms with van der Waals surface area (Å²) >= 11 is 1.71. The molecule has 0 saturated carbocycles. The molecule has 1 aliphatic heterocycles. The molecule has 1 atom stereocenters. The number of aromatic nitrogens is 1. The third-order valence-corrected chi connectivity index (χ3v) is 3.22. The van der Waals surface area contributed by atoms with Crippen LogP contribution in [0.1, 0.15) is 23.5 Å². The SMILES string of the molecule is Cc1nc(CNC2CCCOC2)cs1. The molecule has 2 heterocycles. The molecule has 14 heavy (non-hydrogen) atoms. The Morgan fingerprint density at radius 1 is 1.71 bits per heavy atom. The number of nitrogens with zero attached hydrogens (tertiary/aromatic N) is 1. The summed E-state index contributed by atoms with van der Waals surface area (Å²) in [7, 11) is 0. The fraction of sp³-hybridized carbons (Fsp3) is 0.700. The minimum Gasteiger partial charge on any atom is -0.380 e. The maximum Gasteiger partial charge on any atom is 0.0897 e. The molecular formula is C10H16N2OS. The highest BCUT2D eigenvalue weighted by molar-refractivity contribution is 7.09. The first-order valence-electron chi connectivity index (χ1n) is 5.07. The van der Waals surface area contributed by atoms with E-state index in [1.54, 1.807) is 11.3 Å². The van der Waals surface area contributed by atoms with Crippen LogP contribution in [0.4, 0.5) is 0 Å². The summed E-state index contributed by atoms with van der Waals surface area (Å²) in [5, 5.41) is 6.73. The molecule has 0 aliphatic carbocycles. The molecular weight excluding hydrogens is 196 g/mol. The summed E-state index contributed by atoms with van der Waals surface area (Å²) in [6.07, 6.45) is 2.40. The van der Waals surface area contributed by atoms with E-state index in [4.69, 9.17) is 4.74 Å². The molecule has 1 aromatic rings. The first kappa shape index (κ1) is 10.1. The maximum absolute atomic E-state index is 5.40. The van der Waals surface area contributed by atoms with Crippen molar-refractivity contribution < 1.29 is 4.74 Å². The van der Waals surface area contributed by atoms with E-state index < -0.39 is 0 Å². The summed E-state index contributed by atoms with van der Waals surface area (Å²) in [5.74, 6) is 0. The predicted molar refractivity (Wildman–Crippen MR) is 57.5 cm³/mol. The van der Waals surface area contributed by atoms with Crippen LogP contribution in [0.5, 0.6) is 0 Å². The molecule has 2 rings (SSSR count). The molecule has 4 heteroatoms. The summed E-state index contributed by atoms with van der Waals surface area (Å²) < 4.78 is 5.40. The molecule has 0 aromatic carbocycles. The van der Waals surface area contributed by atoms with Crippen LogP contribution >= 0.6 is 11.3 Å². The number of hydrogen-bond acceptors (Lipinski definition) is 4. The minimum atomic E-state index is 0.519. The van der Waals surface area contributed by atoms with Gasteiger partial charge < -0.3 is 10.1 Å². The number of ether oxygens (including phenoxy) is 1.